The van der Waals surface area contributed by atoms with Crippen LogP contribution in [0.15, 0.2) is 85.0 Å². The van der Waals surface area contributed by atoms with Gasteiger partial charge in [0.05, 0.1) is 17.8 Å². The van der Waals surface area contributed by atoms with Crippen LogP contribution in [0.1, 0.15) is 140 Å². The molecule has 0 aliphatic carbocycles. The molecule has 2 aromatic rings. The van der Waals surface area contributed by atoms with Crippen LogP contribution < -0.4 is 0 Å². The summed E-state index contributed by atoms with van der Waals surface area (Å²) in [6, 6.07) is 20.2. The summed E-state index contributed by atoms with van der Waals surface area (Å²) in [4.78, 5) is 45.0. The molecule has 8 heteroatoms. The first-order valence-corrected chi connectivity index (χ1v) is 23.3. The maximum atomic E-state index is 13.7. The molecule has 2 heterocycles. The van der Waals surface area contributed by atoms with Crippen LogP contribution in [0, 0.1) is 11.8 Å². The molecule has 0 aromatic heterocycles. The maximum absolute atomic E-state index is 13.7. The van der Waals surface area contributed by atoms with Gasteiger partial charge >= 0.3 is 17.9 Å². The van der Waals surface area contributed by atoms with Crippen molar-refractivity contribution in [2.45, 2.75) is 141 Å². The van der Waals surface area contributed by atoms with E-state index in [-0.39, 0.29) is 43.6 Å². The Kier molecular flexibility index (Phi) is 23.9. The smallest absolute Gasteiger partial charge is 0.313 e. The Hall–Kier alpha value is -3.75. The normalized spacial score (nSPS) is 17.0. The lowest BCUT2D eigenvalue weighted by atomic mass is 9.92. The molecular weight excluding hydrogens is 737 g/mol. The van der Waals surface area contributed by atoms with E-state index in [9.17, 15) is 14.4 Å². The molecule has 2 atom stereocenters. The van der Waals surface area contributed by atoms with Crippen LogP contribution >= 0.6 is 0 Å². The number of hydrogen-bond donors (Lipinski definition) is 0. The number of nitrogens with zero attached hydrogens (tertiary/aromatic N) is 2. The van der Waals surface area contributed by atoms with Crippen molar-refractivity contribution in [1.29, 1.82) is 0 Å². The molecule has 326 valence electrons. The second kappa shape index (κ2) is 29.5. The number of likely N-dealkylation sites (tertiary alicyclic amines) is 2. The fraction of sp³-hybridized carbons (Fsp3) is 0.627. The molecule has 0 spiro atoms. The van der Waals surface area contributed by atoms with Gasteiger partial charge in [-0.25, -0.2) is 0 Å². The highest BCUT2D eigenvalue weighted by molar-refractivity contribution is 5.78. The minimum Gasteiger partial charge on any atom is -0.465 e. The first-order chi connectivity index (χ1) is 29.0. The largest absolute Gasteiger partial charge is 0.465 e. The van der Waals surface area contributed by atoms with Gasteiger partial charge in [-0.05, 0) is 114 Å². The molecule has 0 amide bonds. The summed E-state index contributed by atoms with van der Waals surface area (Å²) in [6.07, 6.45) is 27.6. The SMILES string of the molecule is CCCCC/C=C\C/C=C\CCCCCCCCC(=O)OCC(COC(=O)C1CCN(C2CCN(CC)CC2)CC1)COC(=O)C(Cc1ccccc1)c1ccccc1. The first-order valence-electron chi connectivity index (χ1n) is 23.3. The number of esters is 3. The zero-order chi connectivity index (χ0) is 41.8. The third-order valence-electron chi connectivity index (χ3n) is 12.1. The third kappa shape index (κ3) is 19.5. The van der Waals surface area contributed by atoms with Gasteiger partial charge in [0.2, 0.25) is 0 Å². The Morgan fingerprint density at radius 1 is 0.661 bits per heavy atom. The number of allylic oxidation sites excluding steroid dienone is 4. The quantitative estimate of drug-likeness (QED) is 0.0363. The van der Waals surface area contributed by atoms with Crippen LogP contribution in [-0.4, -0.2) is 86.3 Å². The van der Waals surface area contributed by atoms with Crippen LogP contribution in [0.3, 0.4) is 0 Å². The molecule has 4 rings (SSSR count). The van der Waals surface area contributed by atoms with Crippen LogP contribution in [-0.2, 0) is 35.0 Å². The van der Waals surface area contributed by atoms with Gasteiger partial charge in [-0.3, -0.25) is 14.4 Å². The Balaban J connectivity index is 1.20. The van der Waals surface area contributed by atoms with Gasteiger partial charge in [0.15, 0.2) is 0 Å². The van der Waals surface area contributed by atoms with Gasteiger partial charge in [-0.2, -0.15) is 0 Å². The first kappa shape index (κ1) is 47.9. The predicted octanol–water partition coefficient (Wildman–Crippen LogP) is 10.7. The second-order valence-corrected chi connectivity index (χ2v) is 16.8. The molecule has 2 aliphatic rings. The van der Waals surface area contributed by atoms with Crippen molar-refractivity contribution >= 4 is 17.9 Å². The van der Waals surface area contributed by atoms with Gasteiger partial charge in [0.1, 0.15) is 19.8 Å². The van der Waals surface area contributed by atoms with E-state index in [1.807, 2.05) is 60.7 Å². The van der Waals surface area contributed by atoms with Gasteiger partial charge < -0.3 is 24.0 Å². The van der Waals surface area contributed by atoms with Crippen molar-refractivity contribution in [3.63, 3.8) is 0 Å². The maximum Gasteiger partial charge on any atom is 0.313 e. The molecule has 59 heavy (non-hydrogen) atoms. The van der Waals surface area contributed by atoms with Crippen LogP contribution in [0.25, 0.3) is 0 Å². The summed E-state index contributed by atoms with van der Waals surface area (Å²) >= 11 is 0. The average Bonchev–Trinajstić information content (AvgIpc) is 3.28. The summed E-state index contributed by atoms with van der Waals surface area (Å²) in [7, 11) is 0. The van der Waals surface area contributed by atoms with E-state index in [2.05, 4.69) is 48.0 Å². The molecule has 2 aliphatic heterocycles. The molecule has 0 bridgehead atoms. The number of carbonyl (C=O) groups is 3. The van der Waals surface area contributed by atoms with E-state index in [0.717, 1.165) is 88.8 Å². The van der Waals surface area contributed by atoms with Crippen molar-refractivity contribution in [3.05, 3.63) is 96.1 Å². The summed E-state index contributed by atoms with van der Waals surface area (Å²) in [5.74, 6) is -1.92. The number of rotatable bonds is 28. The van der Waals surface area contributed by atoms with Gasteiger partial charge in [0, 0.05) is 12.5 Å². The molecule has 2 aromatic carbocycles. The van der Waals surface area contributed by atoms with Crippen LogP contribution in [0.4, 0.5) is 0 Å². The molecule has 0 radical (unpaired) electrons. The van der Waals surface area contributed by atoms with E-state index in [1.165, 1.54) is 57.8 Å². The molecular formula is C51H76N2O6. The van der Waals surface area contributed by atoms with Crippen LogP contribution in [0.5, 0.6) is 0 Å². The summed E-state index contributed by atoms with van der Waals surface area (Å²) < 4.78 is 17.6. The molecule has 2 saturated heterocycles. The lowest BCUT2D eigenvalue weighted by Gasteiger charge is -2.41. The van der Waals surface area contributed by atoms with E-state index in [1.54, 1.807) is 0 Å². The highest BCUT2D eigenvalue weighted by Gasteiger charge is 2.32. The van der Waals surface area contributed by atoms with Crippen molar-refractivity contribution < 1.29 is 28.6 Å². The third-order valence-corrected chi connectivity index (χ3v) is 12.1. The minimum absolute atomic E-state index is 0.00262. The number of ether oxygens (including phenoxy) is 3. The summed E-state index contributed by atoms with van der Waals surface area (Å²) in [5.41, 5.74) is 1.92. The standard InChI is InChI=1S/C51H76N2O6/c1-3-5-6-7-8-9-10-11-12-13-14-15-16-17-18-25-30-49(54)57-40-44(41-58-50(55)46-31-37-53(38-32-46)47-33-35-52(4-2)36-34-47)42-59-51(56)48(45-28-23-20-24-29-45)39-43-26-21-19-22-27-43/h8-9,11-12,19-24,26-29,44,46-48H,3-7,10,13-18,25,30-42H2,1-2H3/b9-8-,12-11-. The van der Waals surface area contributed by atoms with Gasteiger partial charge in [-0.1, -0.05) is 137 Å². The van der Waals surface area contributed by atoms with Crippen molar-refractivity contribution in [2.75, 3.05) is 52.5 Å². The lowest BCUT2D eigenvalue weighted by molar-refractivity contribution is -0.157. The number of hydrogen-bond acceptors (Lipinski definition) is 8. The number of carbonyl (C=O) groups excluding carboxylic acids is 3. The number of benzene rings is 2. The van der Waals surface area contributed by atoms with Crippen LogP contribution in [0.2, 0.25) is 0 Å². The zero-order valence-electron chi connectivity index (χ0n) is 36.6. The summed E-state index contributed by atoms with van der Waals surface area (Å²) in [6.45, 7) is 9.75. The van der Waals surface area contributed by atoms with E-state index < -0.39 is 11.8 Å². The van der Waals surface area contributed by atoms with Crippen molar-refractivity contribution in [3.8, 4) is 0 Å². The fourth-order valence-corrected chi connectivity index (χ4v) is 8.28. The Labute approximate surface area is 357 Å². The predicted molar refractivity (Wildman–Crippen MR) is 239 cm³/mol. The Bertz CT molecular complexity index is 1480. The van der Waals surface area contributed by atoms with Crippen molar-refractivity contribution in [1.82, 2.24) is 9.80 Å². The molecule has 2 unspecified atom stereocenters. The number of piperidine rings is 2. The monoisotopic (exact) mass is 813 g/mol. The Morgan fingerprint density at radius 3 is 1.92 bits per heavy atom. The highest BCUT2D eigenvalue weighted by atomic mass is 16.6. The fourth-order valence-electron chi connectivity index (χ4n) is 8.28. The molecule has 0 saturated carbocycles. The summed E-state index contributed by atoms with van der Waals surface area (Å²) in [5, 5.41) is 0. The minimum atomic E-state index is -0.493. The number of unbranched alkanes of at least 4 members (excludes halogenated alkanes) is 9. The van der Waals surface area contributed by atoms with E-state index >= 15 is 0 Å². The second-order valence-electron chi connectivity index (χ2n) is 16.8. The van der Waals surface area contributed by atoms with Crippen molar-refractivity contribution in [2.24, 2.45) is 11.8 Å². The topological polar surface area (TPSA) is 85.4 Å². The zero-order valence-corrected chi connectivity index (χ0v) is 36.6. The lowest BCUT2D eigenvalue weighted by Crippen LogP contribution is -2.48. The molecule has 2 fully saturated rings. The molecule has 0 N–H and O–H groups in total. The molecule has 8 nitrogen and oxygen atoms in total. The van der Waals surface area contributed by atoms with Gasteiger partial charge in [-0.15, -0.1) is 0 Å². The van der Waals surface area contributed by atoms with Gasteiger partial charge in [0.25, 0.3) is 0 Å². The van der Waals surface area contributed by atoms with E-state index in [0.29, 0.717) is 18.9 Å². The van der Waals surface area contributed by atoms with E-state index in [4.69, 9.17) is 14.2 Å². The average molecular weight is 813 g/mol. The highest BCUT2D eigenvalue weighted by Crippen LogP contribution is 2.26. The Morgan fingerprint density at radius 2 is 1.25 bits per heavy atom.